The molecule has 0 saturated carbocycles. The van der Waals surface area contributed by atoms with E-state index in [9.17, 15) is 0 Å². The molecule has 1 fully saturated rings. The number of amidine groups is 1. The third-order valence-electron chi connectivity index (χ3n) is 3.14. The third-order valence-corrected chi connectivity index (χ3v) is 3.14. The number of benzene rings is 1. The molecule has 0 amide bonds. The van der Waals surface area contributed by atoms with Crippen molar-refractivity contribution in [2.45, 2.75) is 25.4 Å². The molecule has 3 N–H and O–H groups in total. The molecule has 1 unspecified atom stereocenters. The summed E-state index contributed by atoms with van der Waals surface area (Å²) in [5.74, 6) is 1.28. The summed E-state index contributed by atoms with van der Waals surface area (Å²) in [4.78, 5) is 0. The predicted molar refractivity (Wildman–Crippen MR) is 73.1 cm³/mol. The van der Waals surface area contributed by atoms with Crippen LogP contribution in [0.3, 0.4) is 0 Å². The van der Waals surface area contributed by atoms with Crippen LogP contribution in [0.15, 0.2) is 18.2 Å². The lowest BCUT2D eigenvalue weighted by atomic mass is 10.1. The second kappa shape index (κ2) is 6.43. The molecule has 5 heteroatoms. The molecule has 2 rings (SSSR count). The van der Waals surface area contributed by atoms with Crippen LogP contribution >= 0.6 is 0 Å². The minimum atomic E-state index is -0.00216. The van der Waals surface area contributed by atoms with E-state index in [0.29, 0.717) is 23.7 Å². The smallest absolute Gasteiger partial charge is 0.123 e. The molecule has 0 aliphatic carbocycles. The van der Waals surface area contributed by atoms with Crippen LogP contribution in [0.5, 0.6) is 11.5 Å². The highest BCUT2D eigenvalue weighted by Crippen LogP contribution is 2.23. The van der Waals surface area contributed by atoms with Gasteiger partial charge < -0.3 is 19.9 Å². The number of nitrogens with one attached hydrogen (secondary N) is 1. The predicted octanol–water partition coefficient (Wildman–Crippen LogP) is 1.93. The summed E-state index contributed by atoms with van der Waals surface area (Å²) in [5, 5.41) is 7.47. The summed E-state index contributed by atoms with van der Waals surface area (Å²) in [6.07, 6.45) is 3.50. The van der Waals surface area contributed by atoms with Crippen molar-refractivity contribution in [3.05, 3.63) is 23.8 Å². The summed E-state index contributed by atoms with van der Waals surface area (Å²) >= 11 is 0. The van der Waals surface area contributed by atoms with E-state index in [2.05, 4.69) is 0 Å². The highest BCUT2D eigenvalue weighted by Gasteiger charge is 2.15. The molecule has 19 heavy (non-hydrogen) atoms. The van der Waals surface area contributed by atoms with E-state index in [-0.39, 0.29) is 11.9 Å². The van der Waals surface area contributed by atoms with Gasteiger partial charge in [-0.3, -0.25) is 5.41 Å². The minimum absolute atomic E-state index is 0.00216. The van der Waals surface area contributed by atoms with Crippen molar-refractivity contribution in [1.29, 1.82) is 5.41 Å². The number of nitrogens with two attached hydrogens (primary N) is 1. The Kier molecular flexibility index (Phi) is 4.63. The van der Waals surface area contributed by atoms with Crippen molar-refractivity contribution in [3.63, 3.8) is 0 Å². The second-order valence-corrected chi connectivity index (χ2v) is 4.61. The van der Waals surface area contributed by atoms with Crippen molar-refractivity contribution in [1.82, 2.24) is 0 Å². The fourth-order valence-electron chi connectivity index (χ4n) is 2.06. The molecule has 0 bridgehead atoms. The zero-order valence-electron chi connectivity index (χ0n) is 11.1. The Hall–Kier alpha value is -1.75. The van der Waals surface area contributed by atoms with Gasteiger partial charge >= 0.3 is 0 Å². The molecule has 1 saturated heterocycles. The first-order valence-corrected chi connectivity index (χ1v) is 6.47. The second-order valence-electron chi connectivity index (χ2n) is 4.61. The van der Waals surface area contributed by atoms with Gasteiger partial charge in [-0.1, -0.05) is 0 Å². The maximum atomic E-state index is 7.47. The largest absolute Gasteiger partial charge is 0.497 e. The van der Waals surface area contributed by atoms with Crippen molar-refractivity contribution < 1.29 is 14.2 Å². The number of rotatable bonds is 5. The van der Waals surface area contributed by atoms with Crippen LogP contribution in [0.25, 0.3) is 0 Å². The lowest BCUT2D eigenvalue weighted by Crippen LogP contribution is -2.25. The Morgan fingerprint density at radius 3 is 2.79 bits per heavy atom. The van der Waals surface area contributed by atoms with Crippen LogP contribution in [-0.2, 0) is 4.74 Å². The van der Waals surface area contributed by atoms with Gasteiger partial charge in [0.1, 0.15) is 23.9 Å². The summed E-state index contributed by atoms with van der Waals surface area (Å²) < 4.78 is 16.5. The Bertz CT molecular complexity index is 442. The first-order chi connectivity index (χ1) is 9.19. The number of methoxy groups -OCH3 is 1. The molecule has 0 aromatic heterocycles. The third kappa shape index (κ3) is 3.86. The molecule has 5 nitrogen and oxygen atoms in total. The highest BCUT2D eigenvalue weighted by atomic mass is 16.5. The Morgan fingerprint density at radius 2 is 2.16 bits per heavy atom. The molecule has 1 heterocycles. The topological polar surface area (TPSA) is 77.6 Å². The monoisotopic (exact) mass is 264 g/mol. The molecule has 1 atom stereocenters. The normalized spacial score (nSPS) is 18.9. The molecule has 1 aromatic rings. The maximum absolute atomic E-state index is 7.47. The van der Waals surface area contributed by atoms with Crippen LogP contribution in [-0.4, -0.2) is 32.3 Å². The van der Waals surface area contributed by atoms with E-state index in [0.717, 1.165) is 19.4 Å². The van der Waals surface area contributed by atoms with Gasteiger partial charge in [-0.25, -0.2) is 0 Å². The van der Waals surface area contributed by atoms with Gasteiger partial charge in [-0.05, 0) is 31.4 Å². The quantitative estimate of drug-likeness (QED) is 0.629. The van der Waals surface area contributed by atoms with Crippen LogP contribution in [0, 0.1) is 5.41 Å². The summed E-state index contributed by atoms with van der Waals surface area (Å²) in [6, 6.07) is 5.25. The molecule has 0 radical (unpaired) electrons. The van der Waals surface area contributed by atoms with Crippen molar-refractivity contribution in [2.24, 2.45) is 5.73 Å². The number of nitrogen functional groups attached to an aromatic ring is 1. The van der Waals surface area contributed by atoms with Gasteiger partial charge in [0.15, 0.2) is 0 Å². The highest BCUT2D eigenvalue weighted by molar-refractivity contribution is 5.95. The van der Waals surface area contributed by atoms with Crippen LogP contribution in [0.2, 0.25) is 0 Å². The molecular weight excluding hydrogens is 244 g/mol. The lowest BCUT2D eigenvalue weighted by molar-refractivity contribution is -0.0111. The Labute approximate surface area is 113 Å². The van der Waals surface area contributed by atoms with Crippen LogP contribution < -0.4 is 15.2 Å². The first-order valence-electron chi connectivity index (χ1n) is 6.47. The van der Waals surface area contributed by atoms with Gasteiger partial charge in [0.25, 0.3) is 0 Å². The average molecular weight is 264 g/mol. The summed E-state index contributed by atoms with van der Waals surface area (Å²) in [7, 11) is 1.58. The first kappa shape index (κ1) is 13.7. The standard InChI is InChI=1S/C14H20N2O3/c1-17-12-6-10(14(15)16)7-13(8-12)19-9-11-4-2-3-5-18-11/h6-8,11H,2-5,9H2,1H3,(H3,15,16). The zero-order chi connectivity index (χ0) is 13.7. The van der Waals surface area contributed by atoms with E-state index >= 15 is 0 Å². The SMILES string of the molecule is COc1cc(OCC2CCCCO2)cc(C(=N)N)c1. The van der Waals surface area contributed by atoms with Crippen LogP contribution in [0.4, 0.5) is 0 Å². The number of ether oxygens (including phenoxy) is 3. The van der Waals surface area contributed by atoms with Gasteiger partial charge in [0.05, 0.1) is 13.2 Å². The lowest BCUT2D eigenvalue weighted by Gasteiger charge is -2.22. The zero-order valence-corrected chi connectivity index (χ0v) is 11.1. The maximum Gasteiger partial charge on any atom is 0.123 e. The molecular formula is C14H20N2O3. The minimum Gasteiger partial charge on any atom is -0.497 e. The van der Waals surface area contributed by atoms with Crippen molar-refractivity contribution >= 4 is 5.84 Å². The fourth-order valence-corrected chi connectivity index (χ4v) is 2.06. The fraction of sp³-hybridized carbons (Fsp3) is 0.500. The van der Waals surface area contributed by atoms with E-state index in [1.807, 2.05) is 0 Å². The van der Waals surface area contributed by atoms with Gasteiger partial charge in [0.2, 0.25) is 0 Å². The number of hydrogen-bond donors (Lipinski definition) is 2. The molecule has 1 aromatic carbocycles. The van der Waals surface area contributed by atoms with Crippen LogP contribution in [0.1, 0.15) is 24.8 Å². The van der Waals surface area contributed by atoms with E-state index in [4.69, 9.17) is 25.4 Å². The molecule has 104 valence electrons. The molecule has 0 spiro atoms. The van der Waals surface area contributed by atoms with E-state index in [1.54, 1.807) is 25.3 Å². The Morgan fingerprint density at radius 1 is 1.37 bits per heavy atom. The molecule has 1 aliphatic rings. The van der Waals surface area contributed by atoms with Crippen molar-refractivity contribution in [2.75, 3.05) is 20.3 Å². The Balaban J connectivity index is 2.02. The molecule has 1 aliphatic heterocycles. The van der Waals surface area contributed by atoms with Gasteiger partial charge in [0, 0.05) is 18.2 Å². The number of hydrogen-bond acceptors (Lipinski definition) is 4. The van der Waals surface area contributed by atoms with E-state index in [1.165, 1.54) is 6.42 Å². The summed E-state index contributed by atoms with van der Waals surface area (Å²) in [6.45, 7) is 1.33. The summed E-state index contributed by atoms with van der Waals surface area (Å²) in [5.41, 5.74) is 6.09. The van der Waals surface area contributed by atoms with Gasteiger partial charge in [-0.2, -0.15) is 0 Å². The van der Waals surface area contributed by atoms with E-state index < -0.39 is 0 Å². The van der Waals surface area contributed by atoms with Gasteiger partial charge in [-0.15, -0.1) is 0 Å². The van der Waals surface area contributed by atoms with Crippen molar-refractivity contribution in [3.8, 4) is 11.5 Å². The average Bonchev–Trinajstić information content (AvgIpc) is 2.45.